The second-order valence-corrected chi connectivity index (χ2v) is 3.04. The number of aromatic nitrogens is 2. The maximum atomic E-state index is 3.97. The predicted octanol–water partition coefficient (Wildman–Crippen LogP) is 1.90. The van der Waals surface area contributed by atoms with E-state index in [1.54, 1.807) is 6.20 Å². The predicted molar refractivity (Wildman–Crippen MR) is 60.3 cm³/mol. The summed E-state index contributed by atoms with van der Waals surface area (Å²) >= 11 is 1.99. The molecule has 0 aliphatic rings. The lowest BCUT2D eigenvalue weighted by molar-refractivity contribution is 1.03. The van der Waals surface area contributed by atoms with Gasteiger partial charge >= 0.3 is 0 Å². The number of nitrogens with zero attached hydrogens (tertiary/aromatic N) is 2. The van der Waals surface area contributed by atoms with Crippen molar-refractivity contribution in [3.63, 3.8) is 0 Å². The first kappa shape index (κ1) is 8.64. The maximum absolute atomic E-state index is 3.97. The molecule has 0 amide bonds. The van der Waals surface area contributed by atoms with Crippen molar-refractivity contribution in [3.05, 3.63) is 30.5 Å². The number of hydrogen-bond donors (Lipinski definition) is 2. The van der Waals surface area contributed by atoms with E-state index in [2.05, 4.69) is 19.3 Å². The summed E-state index contributed by atoms with van der Waals surface area (Å²) in [6.45, 7) is 0. The van der Waals surface area contributed by atoms with Crippen LogP contribution in [0.2, 0.25) is 0 Å². The minimum Gasteiger partial charge on any atom is -0.295 e. The van der Waals surface area contributed by atoms with E-state index in [0.29, 0.717) is 0 Å². The van der Waals surface area contributed by atoms with Gasteiger partial charge in [-0.2, -0.15) is 8.74 Å². The van der Waals surface area contributed by atoms with Crippen molar-refractivity contribution < 1.29 is 0 Å². The zero-order chi connectivity index (χ0) is 9.10. The van der Waals surface area contributed by atoms with E-state index >= 15 is 0 Å². The lowest BCUT2D eigenvalue weighted by Crippen LogP contribution is -2.10. The Hall–Kier alpha value is -0.950. The van der Waals surface area contributed by atoms with Crippen LogP contribution in [0.4, 0.5) is 5.82 Å². The van der Waals surface area contributed by atoms with Crippen LogP contribution in [0.3, 0.4) is 0 Å². The van der Waals surface area contributed by atoms with Gasteiger partial charge in [-0.3, -0.25) is 5.43 Å². The van der Waals surface area contributed by atoms with Crippen molar-refractivity contribution in [3.8, 4) is 0 Å². The van der Waals surface area contributed by atoms with Gasteiger partial charge in [-0.1, -0.05) is 24.3 Å². The number of hydrazine groups is 1. The summed E-state index contributed by atoms with van der Waals surface area (Å²) < 4.78 is 2.79. The van der Waals surface area contributed by atoms with Gasteiger partial charge < -0.3 is 0 Å². The lowest BCUT2D eigenvalue weighted by Gasteiger charge is -2.03. The molecule has 2 aromatic rings. The Bertz CT molecular complexity index is 412. The summed E-state index contributed by atoms with van der Waals surface area (Å²) in [4.78, 5) is 0. The average Bonchev–Trinajstić information content (AvgIpc) is 2.19. The fraction of sp³-hybridized carbons (Fsp3) is 0. The SMILES string of the molecule is INNc1nncc2ccccc12. The van der Waals surface area contributed by atoms with Gasteiger partial charge in [-0.25, -0.2) is 0 Å². The van der Waals surface area contributed by atoms with Gasteiger partial charge in [0.05, 0.1) is 6.20 Å². The molecular formula is C8H7IN4. The first-order valence-electron chi connectivity index (χ1n) is 3.74. The minimum absolute atomic E-state index is 0.743. The monoisotopic (exact) mass is 286 g/mol. The van der Waals surface area contributed by atoms with E-state index < -0.39 is 0 Å². The highest BCUT2D eigenvalue weighted by molar-refractivity contribution is 14.1. The maximum Gasteiger partial charge on any atom is 0.171 e. The van der Waals surface area contributed by atoms with Crippen molar-refractivity contribution >= 4 is 39.5 Å². The fourth-order valence-electron chi connectivity index (χ4n) is 1.16. The summed E-state index contributed by atoms with van der Waals surface area (Å²) in [7, 11) is 0. The fourth-order valence-corrected chi connectivity index (χ4v) is 1.42. The number of benzene rings is 1. The molecule has 0 aliphatic heterocycles. The summed E-state index contributed by atoms with van der Waals surface area (Å²) in [5.74, 6) is 0.743. The smallest absolute Gasteiger partial charge is 0.171 e. The van der Waals surface area contributed by atoms with E-state index in [-0.39, 0.29) is 0 Å². The van der Waals surface area contributed by atoms with Crippen molar-refractivity contribution in [2.24, 2.45) is 0 Å². The number of fused-ring (bicyclic) bond motifs is 1. The Morgan fingerprint density at radius 3 is 2.92 bits per heavy atom. The van der Waals surface area contributed by atoms with Gasteiger partial charge in [0.15, 0.2) is 5.82 Å². The largest absolute Gasteiger partial charge is 0.295 e. The molecule has 4 nitrogen and oxygen atoms in total. The van der Waals surface area contributed by atoms with E-state index in [1.807, 2.05) is 47.1 Å². The zero-order valence-corrected chi connectivity index (χ0v) is 8.82. The first-order chi connectivity index (χ1) is 6.42. The highest BCUT2D eigenvalue weighted by Gasteiger charge is 1.99. The molecule has 13 heavy (non-hydrogen) atoms. The highest BCUT2D eigenvalue weighted by Crippen LogP contribution is 2.18. The standard InChI is InChI=1S/C8H7IN4/c9-13-12-8-7-4-2-1-3-6(7)5-10-11-8/h1-5,13H,(H,11,12). The quantitative estimate of drug-likeness (QED) is 0.503. The third-order valence-corrected chi connectivity index (χ3v) is 2.01. The van der Waals surface area contributed by atoms with Crippen molar-refractivity contribution in [2.75, 3.05) is 5.43 Å². The molecule has 0 radical (unpaired) electrons. The second-order valence-electron chi connectivity index (χ2n) is 2.50. The molecule has 1 heterocycles. The van der Waals surface area contributed by atoms with Crippen LogP contribution < -0.4 is 9.06 Å². The van der Waals surface area contributed by atoms with Gasteiger partial charge in [-0.15, -0.1) is 5.10 Å². The molecule has 0 aliphatic carbocycles. The van der Waals surface area contributed by atoms with Gasteiger partial charge in [0.2, 0.25) is 0 Å². The summed E-state index contributed by atoms with van der Waals surface area (Å²) in [6.07, 6.45) is 1.74. The van der Waals surface area contributed by atoms with E-state index in [4.69, 9.17) is 0 Å². The minimum atomic E-state index is 0.743. The highest BCUT2D eigenvalue weighted by atomic mass is 127. The van der Waals surface area contributed by atoms with Gasteiger partial charge in [-0.05, 0) is 0 Å². The van der Waals surface area contributed by atoms with E-state index in [9.17, 15) is 0 Å². The molecule has 0 fully saturated rings. The van der Waals surface area contributed by atoms with Gasteiger partial charge in [0, 0.05) is 33.6 Å². The molecule has 0 saturated carbocycles. The van der Waals surface area contributed by atoms with E-state index in [1.165, 1.54) is 0 Å². The van der Waals surface area contributed by atoms with Crippen LogP contribution in [0.15, 0.2) is 30.5 Å². The number of nitrogens with one attached hydrogen (secondary N) is 2. The third kappa shape index (κ3) is 1.70. The molecule has 1 aromatic carbocycles. The Morgan fingerprint density at radius 1 is 1.23 bits per heavy atom. The topological polar surface area (TPSA) is 49.8 Å². The normalized spacial score (nSPS) is 10.2. The molecule has 5 heteroatoms. The molecule has 0 spiro atoms. The van der Waals surface area contributed by atoms with Crippen LogP contribution in [-0.2, 0) is 0 Å². The van der Waals surface area contributed by atoms with Gasteiger partial charge in [0.1, 0.15) is 0 Å². The van der Waals surface area contributed by atoms with Crippen LogP contribution in [0.5, 0.6) is 0 Å². The zero-order valence-electron chi connectivity index (χ0n) is 6.66. The lowest BCUT2D eigenvalue weighted by atomic mass is 10.2. The second kappa shape index (κ2) is 3.84. The van der Waals surface area contributed by atoms with Crippen molar-refractivity contribution in [1.82, 2.24) is 13.8 Å². The third-order valence-electron chi connectivity index (χ3n) is 1.74. The molecule has 66 valence electrons. The van der Waals surface area contributed by atoms with Crippen LogP contribution in [0.25, 0.3) is 10.8 Å². The Kier molecular flexibility index (Phi) is 2.55. The van der Waals surface area contributed by atoms with E-state index in [0.717, 1.165) is 16.6 Å². The molecule has 0 bridgehead atoms. The molecule has 0 atom stereocenters. The van der Waals surface area contributed by atoms with Crippen LogP contribution >= 0.6 is 22.9 Å². The molecule has 2 rings (SSSR count). The number of hydrogen-bond acceptors (Lipinski definition) is 4. The first-order valence-corrected chi connectivity index (χ1v) is 4.82. The number of halogens is 1. The molecular weight excluding hydrogens is 279 g/mol. The summed E-state index contributed by atoms with van der Waals surface area (Å²) in [5.41, 5.74) is 2.91. The molecule has 0 unspecified atom stereocenters. The van der Waals surface area contributed by atoms with Crippen LogP contribution in [0, 0.1) is 0 Å². The molecule has 1 aromatic heterocycles. The summed E-state index contributed by atoms with van der Waals surface area (Å²) in [6, 6.07) is 7.95. The Labute approximate surface area is 89.2 Å². The average molecular weight is 286 g/mol. The molecule has 0 saturated heterocycles. The van der Waals surface area contributed by atoms with Crippen molar-refractivity contribution in [2.45, 2.75) is 0 Å². The van der Waals surface area contributed by atoms with Crippen LogP contribution in [0.1, 0.15) is 0 Å². The number of rotatable bonds is 2. The van der Waals surface area contributed by atoms with Gasteiger partial charge in [0.25, 0.3) is 0 Å². The molecule has 2 N–H and O–H groups in total. The van der Waals surface area contributed by atoms with Crippen molar-refractivity contribution in [1.29, 1.82) is 0 Å². The Balaban J connectivity index is 2.61. The van der Waals surface area contributed by atoms with Crippen LogP contribution in [-0.4, -0.2) is 10.2 Å². The Morgan fingerprint density at radius 2 is 2.08 bits per heavy atom. The number of anilines is 1. The summed E-state index contributed by atoms with van der Waals surface area (Å²) in [5, 5.41) is 9.98.